The number of nitriles is 1. The number of nitrogens with zero attached hydrogens (tertiary/aromatic N) is 2. The number of esters is 2. The monoisotopic (exact) mass is 477 g/mol. The fourth-order valence-corrected chi connectivity index (χ4v) is 3.58. The summed E-state index contributed by atoms with van der Waals surface area (Å²) in [6, 6.07) is 13.3. The largest absolute Gasteiger partial charge is 0.464 e. The molecule has 1 heterocycles. The molecule has 1 aromatic heterocycles. The first-order chi connectivity index (χ1) is 16.1. The Labute approximate surface area is 203 Å². The average molecular weight is 478 g/mol. The Hall–Kier alpha value is -3.89. The molecule has 34 heavy (non-hydrogen) atoms. The molecule has 0 fully saturated rings. The smallest absolute Gasteiger partial charge is 0.357 e. The van der Waals surface area contributed by atoms with Crippen molar-refractivity contribution in [2.75, 3.05) is 12.4 Å². The highest BCUT2D eigenvalue weighted by Gasteiger charge is 2.29. The lowest BCUT2D eigenvalue weighted by Crippen LogP contribution is -2.37. The van der Waals surface area contributed by atoms with Crippen LogP contribution in [0.3, 0.4) is 0 Å². The summed E-state index contributed by atoms with van der Waals surface area (Å²) >= 11 is 6.52. The second-order valence-corrected chi connectivity index (χ2v) is 8.90. The van der Waals surface area contributed by atoms with E-state index in [0.717, 1.165) is 5.39 Å². The van der Waals surface area contributed by atoms with Crippen LogP contribution < -0.4 is 5.32 Å². The van der Waals surface area contributed by atoms with Gasteiger partial charge in [-0.05, 0) is 49.9 Å². The first kappa shape index (κ1) is 24.7. The maximum absolute atomic E-state index is 12.9. The van der Waals surface area contributed by atoms with Gasteiger partial charge in [0.15, 0.2) is 11.7 Å². The van der Waals surface area contributed by atoms with Crippen LogP contribution in [0, 0.1) is 11.3 Å². The van der Waals surface area contributed by atoms with E-state index in [2.05, 4.69) is 16.9 Å². The summed E-state index contributed by atoms with van der Waals surface area (Å²) in [6.07, 6.45) is 1.51. The quantitative estimate of drug-likeness (QED) is 0.367. The van der Waals surface area contributed by atoms with Gasteiger partial charge >= 0.3 is 11.9 Å². The number of benzene rings is 2. The Kier molecular flexibility index (Phi) is 7.23. The molecule has 1 atom stereocenters. The first-order valence-electron chi connectivity index (χ1n) is 10.4. The first-order valence-corrected chi connectivity index (χ1v) is 10.8. The van der Waals surface area contributed by atoms with Crippen molar-refractivity contribution in [3.05, 3.63) is 71.5 Å². The third kappa shape index (κ3) is 5.36. The van der Waals surface area contributed by atoms with Crippen LogP contribution >= 0.6 is 11.6 Å². The molecule has 0 aliphatic heterocycles. The fraction of sp³-hybridized carbons (Fsp3) is 0.231. The van der Waals surface area contributed by atoms with Crippen molar-refractivity contribution >= 4 is 40.0 Å². The highest BCUT2D eigenvalue weighted by atomic mass is 35.5. The SMILES string of the molecule is C=C(C#N)C(Nc1c(Cl)ccc2ccc(-c3cccnc3C(=O)OC)cc12)C(=O)OC(C)(C)C. The van der Waals surface area contributed by atoms with Crippen molar-refractivity contribution in [2.45, 2.75) is 32.4 Å². The number of pyridine rings is 1. The van der Waals surface area contributed by atoms with E-state index in [4.69, 9.17) is 21.1 Å². The highest BCUT2D eigenvalue weighted by molar-refractivity contribution is 6.35. The zero-order chi connectivity index (χ0) is 25.0. The van der Waals surface area contributed by atoms with Gasteiger partial charge in [-0.2, -0.15) is 5.26 Å². The standard InChI is InChI=1S/C26H24ClN3O4/c1-15(14-28)21(25(32)34-26(2,3)4)30-22-19-13-17(9-8-16(19)10-11-20(22)27)18-7-6-12-29-23(18)24(31)33-5/h6-13,21,30H,1H2,2-5H3. The van der Waals surface area contributed by atoms with E-state index in [1.807, 2.05) is 30.3 Å². The molecule has 0 spiro atoms. The van der Waals surface area contributed by atoms with Gasteiger partial charge in [-0.3, -0.25) is 0 Å². The van der Waals surface area contributed by atoms with E-state index >= 15 is 0 Å². The van der Waals surface area contributed by atoms with Gasteiger partial charge in [0.2, 0.25) is 0 Å². The van der Waals surface area contributed by atoms with E-state index in [9.17, 15) is 14.9 Å². The maximum Gasteiger partial charge on any atom is 0.357 e. The Balaban J connectivity index is 2.14. The fourth-order valence-electron chi connectivity index (χ4n) is 3.36. The molecule has 174 valence electrons. The van der Waals surface area contributed by atoms with Crippen molar-refractivity contribution in [1.82, 2.24) is 4.98 Å². The molecular weight excluding hydrogens is 454 g/mol. The molecule has 1 unspecified atom stereocenters. The maximum atomic E-state index is 12.9. The number of methoxy groups -OCH3 is 1. The zero-order valence-electron chi connectivity index (χ0n) is 19.3. The van der Waals surface area contributed by atoms with Crippen molar-refractivity contribution < 1.29 is 19.1 Å². The number of nitrogens with one attached hydrogen (secondary N) is 1. The summed E-state index contributed by atoms with van der Waals surface area (Å²) in [5.41, 5.74) is 1.10. The molecule has 2 aromatic carbocycles. The number of carbonyl (C=O) groups is 2. The number of carbonyl (C=O) groups excluding carboxylic acids is 2. The van der Waals surface area contributed by atoms with Crippen molar-refractivity contribution in [3.8, 4) is 17.2 Å². The predicted molar refractivity (Wildman–Crippen MR) is 132 cm³/mol. The van der Waals surface area contributed by atoms with Crippen LogP contribution in [-0.4, -0.2) is 35.7 Å². The number of anilines is 1. The van der Waals surface area contributed by atoms with E-state index in [0.29, 0.717) is 27.2 Å². The average Bonchev–Trinajstić information content (AvgIpc) is 2.81. The summed E-state index contributed by atoms with van der Waals surface area (Å²) in [7, 11) is 1.29. The minimum atomic E-state index is -1.14. The molecule has 8 heteroatoms. The molecular formula is C26H24ClN3O4. The minimum Gasteiger partial charge on any atom is -0.464 e. The summed E-state index contributed by atoms with van der Waals surface area (Å²) in [4.78, 5) is 29.2. The minimum absolute atomic E-state index is 0.0151. The van der Waals surface area contributed by atoms with Crippen LogP contribution in [0.5, 0.6) is 0 Å². The van der Waals surface area contributed by atoms with E-state index in [1.54, 1.807) is 39.0 Å². The van der Waals surface area contributed by atoms with Crippen LogP contribution in [0.4, 0.5) is 5.69 Å². The summed E-state index contributed by atoms with van der Waals surface area (Å²) in [5.74, 6) is -1.21. The highest BCUT2D eigenvalue weighted by Crippen LogP contribution is 2.36. The number of ether oxygens (including phenoxy) is 2. The molecule has 0 radical (unpaired) electrons. The zero-order valence-corrected chi connectivity index (χ0v) is 20.1. The van der Waals surface area contributed by atoms with Crippen molar-refractivity contribution in [3.63, 3.8) is 0 Å². The second-order valence-electron chi connectivity index (χ2n) is 8.50. The molecule has 0 bridgehead atoms. The molecule has 0 aliphatic carbocycles. The summed E-state index contributed by atoms with van der Waals surface area (Å²) in [5, 5.41) is 14.3. The van der Waals surface area contributed by atoms with Gasteiger partial charge < -0.3 is 14.8 Å². The molecule has 0 saturated carbocycles. The Morgan fingerprint density at radius 1 is 1.21 bits per heavy atom. The third-order valence-electron chi connectivity index (χ3n) is 4.89. The molecule has 0 aliphatic rings. The van der Waals surface area contributed by atoms with Gasteiger partial charge in [-0.15, -0.1) is 0 Å². The summed E-state index contributed by atoms with van der Waals surface area (Å²) in [6.45, 7) is 8.92. The number of hydrogen-bond donors (Lipinski definition) is 1. The Morgan fingerprint density at radius 2 is 1.91 bits per heavy atom. The van der Waals surface area contributed by atoms with E-state index in [1.165, 1.54) is 13.3 Å². The van der Waals surface area contributed by atoms with Gasteiger partial charge in [0.1, 0.15) is 5.60 Å². The van der Waals surface area contributed by atoms with Gasteiger partial charge in [0, 0.05) is 17.1 Å². The van der Waals surface area contributed by atoms with Gasteiger partial charge in [0.05, 0.1) is 29.5 Å². The number of fused-ring (bicyclic) bond motifs is 1. The van der Waals surface area contributed by atoms with E-state index in [-0.39, 0.29) is 11.3 Å². The lowest BCUT2D eigenvalue weighted by Gasteiger charge is -2.25. The van der Waals surface area contributed by atoms with Gasteiger partial charge in [-0.25, -0.2) is 14.6 Å². The number of aromatic nitrogens is 1. The molecule has 0 amide bonds. The molecule has 1 N–H and O–H groups in total. The number of halogens is 1. The van der Waals surface area contributed by atoms with Crippen LogP contribution in [0.25, 0.3) is 21.9 Å². The van der Waals surface area contributed by atoms with Gasteiger partial charge in [-0.1, -0.05) is 42.4 Å². The van der Waals surface area contributed by atoms with Crippen LogP contribution in [0.1, 0.15) is 31.3 Å². The second kappa shape index (κ2) is 9.94. The normalized spacial score (nSPS) is 11.9. The Morgan fingerprint density at radius 3 is 2.56 bits per heavy atom. The van der Waals surface area contributed by atoms with Crippen LogP contribution in [0.15, 0.2) is 60.8 Å². The number of rotatable bonds is 6. The lowest BCUT2D eigenvalue weighted by atomic mass is 9.98. The lowest BCUT2D eigenvalue weighted by molar-refractivity contribution is -0.154. The van der Waals surface area contributed by atoms with Crippen LogP contribution in [0.2, 0.25) is 5.02 Å². The molecule has 3 aromatic rings. The predicted octanol–water partition coefficient (Wildman–Crippen LogP) is 5.54. The topological polar surface area (TPSA) is 101 Å². The van der Waals surface area contributed by atoms with Gasteiger partial charge in [0.25, 0.3) is 0 Å². The summed E-state index contributed by atoms with van der Waals surface area (Å²) < 4.78 is 10.3. The third-order valence-corrected chi connectivity index (χ3v) is 5.21. The molecule has 0 saturated heterocycles. The Bertz CT molecular complexity index is 1320. The van der Waals surface area contributed by atoms with Crippen LogP contribution in [-0.2, 0) is 14.3 Å². The number of hydrogen-bond acceptors (Lipinski definition) is 7. The van der Waals surface area contributed by atoms with Crippen molar-refractivity contribution in [2.24, 2.45) is 0 Å². The van der Waals surface area contributed by atoms with E-state index < -0.39 is 23.6 Å². The molecule has 7 nitrogen and oxygen atoms in total. The van der Waals surface area contributed by atoms with Crippen molar-refractivity contribution in [1.29, 1.82) is 5.26 Å². The molecule has 3 rings (SSSR count).